The predicted molar refractivity (Wildman–Crippen MR) is 70.1 cm³/mol. The molecule has 2 rings (SSSR count). The van der Waals surface area contributed by atoms with Gasteiger partial charge in [0.25, 0.3) is 0 Å². The molecule has 1 saturated heterocycles. The van der Waals surface area contributed by atoms with E-state index in [2.05, 4.69) is 15.9 Å². The van der Waals surface area contributed by atoms with Gasteiger partial charge in [-0.3, -0.25) is 0 Å². The fourth-order valence-corrected chi connectivity index (χ4v) is 4.26. The van der Waals surface area contributed by atoms with Gasteiger partial charge < -0.3 is 5.73 Å². The molecule has 0 saturated carbocycles. The van der Waals surface area contributed by atoms with Crippen LogP contribution in [0.5, 0.6) is 0 Å². The highest BCUT2D eigenvalue weighted by atomic mass is 79.9. The molecule has 1 aromatic rings. The lowest BCUT2D eigenvalue weighted by Gasteiger charge is -2.23. The third-order valence-electron chi connectivity index (χ3n) is 3.08. The molecular formula is C11H14BrFN2O2S. The maximum absolute atomic E-state index is 13.8. The van der Waals surface area contributed by atoms with E-state index < -0.39 is 15.8 Å². The fraction of sp³-hybridized carbons (Fsp3) is 0.455. The first-order valence-corrected chi connectivity index (χ1v) is 7.87. The van der Waals surface area contributed by atoms with E-state index in [0.29, 0.717) is 11.0 Å². The third-order valence-corrected chi connectivity index (χ3v) is 5.55. The Labute approximate surface area is 114 Å². The van der Waals surface area contributed by atoms with Crippen LogP contribution >= 0.6 is 15.9 Å². The highest BCUT2D eigenvalue weighted by Crippen LogP contribution is 2.28. The van der Waals surface area contributed by atoms with Crippen LogP contribution in [-0.2, 0) is 10.0 Å². The van der Waals surface area contributed by atoms with Crippen LogP contribution in [-0.4, -0.2) is 31.9 Å². The quantitative estimate of drug-likeness (QED) is 0.913. The first kappa shape index (κ1) is 13.9. The average molecular weight is 337 g/mol. The molecule has 1 heterocycles. The van der Waals surface area contributed by atoms with Crippen LogP contribution in [0, 0.1) is 5.82 Å². The lowest BCUT2D eigenvalue weighted by atomic mass is 10.2. The van der Waals surface area contributed by atoms with E-state index in [4.69, 9.17) is 5.73 Å². The minimum absolute atomic E-state index is 0.224. The maximum Gasteiger partial charge on any atom is 0.246 e. The van der Waals surface area contributed by atoms with E-state index >= 15 is 0 Å². The van der Waals surface area contributed by atoms with Crippen LogP contribution in [0.15, 0.2) is 27.6 Å². The summed E-state index contributed by atoms with van der Waals surface area (Å²) in [4.78, 5) is -0.286. The summed E-state index contributed by atoms with van der Waals surface area (Å²) < 4.78 is 40.3. The number of benzene rings is 1. The molecule has 1 aliphatic heterocycles. The summed E-state index contributed by atoms with van der Waals surface area (Å²) in [5, 5.41) is 0. The van der Waals surface area contributed by atoms with Gasteiger partial charge in [-0.25, -0.2) is 12.8 Å². The van der Waals surface area contributed by atoms with E-state index in [1.54, 1.807) is 0 Å². The van der Waals surface area contributed by atoms with Crippen molar-refractivity contribution in [2.75, 3.05) is 13.1 Å². The molecule has 1 fully saturated rings. The van der Waals surface area contributed by atoms with E-state index in [9.17, 15) is 12.8 Å². The van der Waals surface area contributed by atoms with Crippen LogP contribution in [0.25, 0.3) is 0 Å². The minimum Gasteiger partial charge on any atom is -0.329 e. The summed E-state index contributed by atoms with van der Waals surface area (Å²) in [5.41, 5.74) is 5.55. The molecule has 0 spiro atoms. The zero-order valence-corrected chi connectivity index (χ0v) is 12.0. The number of sulfonamides is 1. The van der Waals surface area contributed by atoms with Crippen molar-refractivity contribution < 1.29 is 12.8 Å². The van der Waals surface area contributed by atoms with Gasteiger partial charge in [0.1, 0.15) is 10.7 Å². The number of nitrogens with two attached hydrogens (primary N) is 1. The second-order valence-electron chi connectivity index (χ2n) is 4.22. The van der Waals surface area contributed by atoms with E-state index in [1.807, 2.05) is 0 Å². The minimum atomic E-state index is -3.79. The van der Waals surface area contributed by atoms with Crippen molar-refractivity contribution in [2.24, 2.45) is 5.73 Å². The molecule has 0 amide bonds. The molecule has 2 N–H and O–H groups in total. The topological polar surface area (TPSA) is 63.4 Å². The Kier molecular flexibility index (Phi) is 4.05. The second-order valence-corrected chi connectivity index (χ2v) is 7.00. The van der Waals surface area contributed by atoms with Gasteiger partial charge in [-0.15, -0.1) is 0 Å². The largest absolute Gasteiger partial charge is 0.329 e. The number of halogens is 2. The Bertz CT molecular complexity index is 550. The SMILES string of the molecule is NCC1CCCN1S(=O)(=O)c1ccc(Br)cc1F. The highest BCUT2D eigenvalue weighted by Gasteiger charge is 2.35. The summed E-state index contributed by atoms with van der Waals surface area (Å²) in [6.07, 6.45) is 1.49. The molecule has 100 valence electrons. The summed E-state index contributed by atoms with van der Waals surface area (Å²) in [6, 6.07) is 3.72. The molecule has 0 radical (unpaired) electrons. The first-order chi connectivity index (χ1) is 8.46. The maximum atomic E-state index is 13.8. The molecule has 0 bridgehead atoms. The third kappa shape index (κ3) is 2.45. The van der Waals surface area contributed by atoms with Crippen LogP contribution in [0.1, 0.15) is 12.8 Å². The summed E-state index contributed by atoms with van der Waals surface area (Å²) in [5.74, 6) is -0.743. The van der Waals surface area contributed by atoms with Gasteiger partial charge in [0, 0.05) is 23.6 Å². The van der Waals surface area contributed by atoms with E-state index in [-0.39, 0.29) is 17.5 Å². The van der Waals surface area contributed by atoms with Crippen LogP contribution in [0.4, 0.5) is 4.39 Å². The molecule has 1 aromatic carbocycles. The van der Waals surface area contributed by atoms with Crippen LogP contribution < -0.4 is 5.73 Å². The molecule has 1 aliphatic rings. The zero-order chi connectivity index (χ0) is 13.3. The molecule has 4 nitrogen and oxygen atoms in total. The predicted octanol–water partition coefficient (Wildman–Crippen LogP) is 1.70. The van der Waals surface area contributed by atoms with Gasteiger partial charge in [0.15, 0.2) is 0 Å². The van der Waals surface area contributed by atoms with Gasteiger partial charge >= 0.3 is 0 Å². The van der Waals surface area contributed by atoms with Crippen molar-refractivity contribution in [3.63, 3.8) is 0 Å². The van der Waals surface area contributed by atoms with Crippen molar-refractivity contribution in [1.29, 1.82) is 0 Å². The molecule has 0 aromatic heterocycles. The summed E-state index contributed by atoms with van der Waals surface area (Å²) >= 11 is 3.10. The first-order valence-electron chi connectivity index (χ1n) is 5.64. The average Bonchev–Trinajstić information content (AvgIpc) is 2.76. The molecular weight excluding hydrogens is 323 g/mol. The second kappa shape index (κ2) is 5.24. The van der Waals surface area contributed by atoms with Gasteiger partial charge in [-0.05, 0) is 31.0 Å². The van der Waals surface area contributed by atoms with Crippen molar-refractivity contribution in [1.82, 2.24) is 4.31 Å². The normalized spacial score (nSPS) is 21.4. The van der Waals surface area contributed by atoms with Crippen molar-refractivity contribution >= 4 is 26.0 Å². The highest BCUT2D eigenvalue weighted by molar-refractivity contribution is 9.10. The van der Waals surface area contributed by atoms with Crippen molar-refractivity contribution in [3.05, 3.63) is 28.5 Å². The lowest BCUT2D eigenvalue weighted by molar-refractivity contribution is 0.390. The number of rotatable bonds is 3. The lowest BCUT2D eigenvalue weighted by Crippen LogP contribution is -2.40. The summed E-state index contributed by atoms with van der Waals surface area (Å²) in [7, 11) is -3.79. The van der Waals surface area contributed by atoms with Crippen molar-refractivity contribution in [3.8, 4) is 0 Å². The van der Waals surface area contributed by atoms with Crippen LogP contribution in [0.2, 0.25) is 0 Å². The monoisotopic (exact) mass is 336 g/mol. The Morgan fingerprint density at radius 1 is 1.50 bits per heavy atom. The zero-order valence-electron chi connectivity index (χ0n) is 9.64. The Hall–Kier alpha value is -0.500. The van der Waals surface area contributed by atoms with Crippen molar-refractivity contribution in [2.45, 2.75) is 23.8 Å². The number of nitrogens with zero attached hydrogens (tertiary/aromatic N) is 1. The Morgan fingerprint density at radius 3 is 2.83 bits per heavy atom. The van der Waals surface area contributed by atoms with E-state index in [1.165, 1.54) is 16.4 Å². The molecule has 1 atom stereocenters. The van der Waals surface area contributed by atoms with Gasteiger partial charge in [0.05, 0.1) is 0 Å². The molecule has 18 heavy (non-hydrogen) atoms. The Morgan fingerprint density at radius 2 is 2.22 bits per heavy atom. The fourth-order valence-electron chi connectivity index (χ4n) is 2.17. The molecule has 0 aliphatic carbocycles. The number of hydrogen-bond donors (Lipinski definition) is 1. The molecule has 7 heteroatoms. The summed E-state index contributed by atoms with van der Waals surface area (Å²) in [6.45, 7) is 0.664. The standard InChI is InChI=1S/C11H14BrFN2O2S/c12-8-3-4-11(10(13)6-8)18(16,17)15-5-1-2-9(15)7-14/h3-4,6,9H,1-2,5,7,14H2. The van der Waals surface area contributed by atoms with Gasteiger partial charge in [0.2, 0.25) is 10.0 Å². The number of hydrogen-bond acceptors (Lipinski definition) is 3. The van der Waals surface area contributed by atoms with Crippen LogP contribution in [0.3, 0.4) is 0 Å². The van der Waals surface area contributed by atoms with E-state index in [0.717, 1.165) is 18.9 Å². The smallest absolute Gasteiger partial charge is 0.246 e. The van der Waals surface area contributed by atoms with Gasteiger partial charge in [-0.1, -0.05) is 15.9 Å². The molecule has 1 unspecified atom stereocenters. The van der Waals surface area contributed by atoms with Gasteiger partial charge in [-0.2, -0.15) is 4.31 Å². The Balaban J connectivity index is 2.42.